The van der Waals surface area contributed by atoms with Gasteiger partial charge in [0.05, 0.1) is 12.5 Å². The van der Waals surface area contributed by atoms with Crippen LogP contribution in [0.2, 0.25) is 0 Å². The topological polar surface area (TPSA) is 45.9 Å². The molecule has 3 nitrogen and oxygen atoms in total. The van der Waals surface area contributed by atoms with E-state index in [0.717, 1.165) is 30.5 Å². The zero-order valence-electron chi connectivity index (χ0n) is 11.7. The van der Waals surface area contributed by atoms with E-state index in [-0.39, 0.29) is 23.1 Å². The van der Waals surface area contributed by atoms with Crippen LogP contribution in [0.5, 0.6) is 5.75 Å². The van der Waals surface area contributed by atoms with Crippen LogP contribution in [0.4, 0.5) is 26.3 Å². The number of aromatic nitrogens is 1. The van der Waals surface area contributed by atoms with Crippen molar-refractivity contribution in [3.63, 3.8) is 0 Å². The summed E-state index contributed by atoms with van der Waals surface area (Å²) >= 11 is 0. The van der Waals surface area contributed by atoms with Crippen LogP contribution in [0.3, 0.4) is 0 Å². The van der Waals surface area contributed by atoms with Crippen LogP contribution in [-0.2, 0) is 12.6 Å². The van der Waals surface area contributed by atoms with Gasteiger partial charge in [-0.25, -0.2) is 0 Å². The Hall–Kier alpha value is -2.76. The maximum Gasteiger partial charge on any atom is 0.573 e. The second kappa shape index (κ2) is 6.39. The highest BCUT2D eigenvalue weighted by Crippen LogP contribution is 2.38. The van der Waals surface area contributed by atoms with E-state index < -0.39 is 24.0 Å². The lowest BCUT2D eigenvalue weighted by atomic mass is 9.96. The third kappa shape index (κ3) is 4.16. The van der Waals surface area contributed by atoms with Crippen molar-refractivity contribution >= 4 is 0 Å². The molecule has 0 N–H and O–H groups in total. The van der Waals surface area contributed by atoms with Crippen LogP contribution in [0.15, 0.2) is 36.5 Å². The number of pyridine rings is 1. The molecule has 0 amide bonds. The predicted molar refractivity (Wildman–Crippen MR) is 70.7 cm³/mol. The van der Waals surface area contributed by atoms with E-state index in [0.29, 0.717) is 0 Å². The van der Waals surface area contributed by atoms with Gasteiger partial charge in [0, 0.05) is 11.8 Å². The van der Waals surface area contributed by atoms with Gasteiger partial charge in [-0.15, -0.1) is 13.2 Å². The minimum absolute atomic E-state index is 0.0183. The molecule has 0 fully saturated rings. The van der Waals surface area contributed by atoms with E-state index >= 15 is 0 Å². The predicted octanol–water partition coefficient (Wildman–Crippen LogP) is 4.73. The number of hydrogen-bond donors (Lipinski definition) is 0. The number of alkyl halides is 6. The standard InChI is InChI=1S/C15H8F6N2O/c16-14(17,18)13-12(10(5-7-22)6-8-23-13)9-1-3-11(4-2-9)24-15(19,20)21/h1-4,6,8H,5H2. The minimum Gasteiger partial charge on any atom is -0.406 e. The molecule has 24 heavy (non-hydrogen) atoms. The molecule has 0 atom stereocenters. The lowest BCUT2D eigenvalue weighted by molar-refractivity contribution is -0.274. The van der Waals surface area contributed by atoms with Crippen LogP contribution in [0.25, 0.3) is 11.1 Å². The van der Waals surface area contributed by atoms with Gasteiger partial charge in [-0.05, 0) is 29.3 Å². The monoisotopic (exact) mass is 346 g/mol. The fraction of sp³-hybridized carbons (Fsp3) is 0.200. The van der Waals surface area contributed by atoms with Crippen molar-refractivity contribution in [2.45, 2.75) is 19.0 Å². The smallest absolute Gasteiger partial charge is 0.406 e. The van der Waals surface area contributed by atoms with E-state index in [1.165, 1.54) is 6.07 Å². The summed E-state index contributed by atoms with van der Waals surface area (Å²) in [4.78, 5) is 3.31. The van der Waals surface area contributed by atoms with Crippen LogP contribution in [0.1, 0.15) is 11.3 Å². The van der Waals surface area contributed by atoms with Gasteiger partial charge in [0.25, 0.3) is 0 Å². The van der Waals surface area contributed by atoms with Gasteiger partial charge in [-0.1, -0.05) is 12.1 Å². The summed E-state index contributed by atoms with van der Waals surface area (Å²) in [7, 11) is 0. The molecule has 0 bridgehead atoms. The molecule has 0 aliphatic carbocycles. The van der Waals surface area contributed by atoms with Gasteiger partial charge in [-0.2, -0.15) is 18.4 Å². The van der Waals surface area contributed by atoms with Crippen molar-refractivity contribution in [3.05, 3.63) is 47.8 Å². The van der Waals surface area contributed by atoms with Gasteiger partial charge in [0.1, 0.15) is 5.75 Å². The lowest BCUT2D eigenvalue weighted by Crippen LogP contribution is -2.17. The molecule has 0 saturated carbocycles. The third-order valence-electron chi connectivity index (χ3n) is 2.95. The average Bonchev–Trinajstić information content (AvgIpc) is 2.46. The number of nitrogens with zero attached hydrogens (tertiary/aromatic N) is 2. The summed E-state index contributed by atoms with van der Waals surface area (Å²) in [5, 5.41) is 8.76. The van der Waals surface area contributed by atoms with E-state index in [4.69, 9.17) is 5.26 Å². The Morgan fingerprint density at radius 3 is 2.12 bits per heavy atom. The molecule has 1 heterocycles. The van der Waals surface area contributed by atoms with Crippen LogP contribution in [0, 0.1) is 11.3 Å². The van der Waals surface area contributed by atoms with Gasteiger partial charge in [-0.3, -0.25) is 4.98 Å². The zero-order chi connectivity index (χ0) is 18.0. The molecule has 2 rings (SSSR count). The van der Waals surface area contributed by atoms with Crippen molar-refractivity contribution in [3.8, 4) is 22.9 Å². The fourth-order valence-corrected chi connectivity index (χ4v) is 2.09. The summed E-state index contributed by atoms with van der Waals surface area (Å²) in [5.74, 6) is -0.564. The molecule has 9 heteroatoms. The first-order valence-corrected chi connectivity index (χ1v) is 6.40. The quantitative estimate of drug-likeness (QED) is 0.755. The van der Waals surface area contributed by atoms with Crippen molar-refractivity contribution in [1.29, 1.82) is 5.26 Å². The van der Waals surface area contributed by atoms with Gasteiger partial charge in [0.2, 0.25) is 0 Å². The van der Waals surface area contributed by atoms with Gasteiger partial charge >= 0.3 is 12.5 Å². The van der Waals surface area contributed by atoms with E-state index in [1.807, 2.05) is 0 Å². The Morgan fingerprint density at radius 2 is 1.62 bits per heavy atom. The second-order valence-electron chi connectivity index (χ2n) is 4.60. The van der Waals surface area contributed by atoms with E-state index in [9.17, 15) is 26.3 Å². The Kier molecular flexibility index (Phi) is 4.68. The molecule has 0 aliphatic rings. The molecule has 0 spiro atoms. The summed E-state index contributed by atoms with van der Waals surface area (Å²) in [6, 6.07) is 6.89. The number of hydrogen-bond acceptors (Lipinski definition) is 3. The highest BCUT2D eigenvalue weighted by atomic mass is 19.4. The van der Waals surface area contributed by atoms with Gasteiger partial charge < -0.3 is 4.74 Å². The second-order valence-corrected chi connectivity index (χ2v) is 4.60. The first-order chi connectivity index (χ1) is 11.1. The summed E-state index contributed by atoms with van der Waals surface area (Å²) in [6.07, 6.45) is -9.05. The molecule has 0 saturated heterocycles. The van der Waals surface area contributed by atoms with Crippen molar-refractivity contribution in [2.24, 2.45) is 0 Å². The zero-order valence-corrected chi connectivity index (χ0v) is 11.7. The molecular formula is C15H8F6N2O. The third-order valence-corrected chi connectivity index (χ3v) is 2.95. The number of benzene rings is 1. The molecule has 126 valence electrons. The molecular weight excluding hydrogens is 338 g/mol. The Labute approximate surface area is 132 Å². The highest BCUT2D eigenvalue weighted by Gasteiger charge is 2.37. The molecule has 0 unspecified atom stereocenters. The summed E-state index contributed by atoms with van der Waals surface area (Å²) in [5.41, 5.74) is -1.50. The van der Waals surface area contributed by atoms with E-state index in [2.05, 4.69) is 9.72 Å². The number of rotatable bonds is 3. The maximum atomic E-state index is 13.1. The van der Waals surface area contributed by atoms with Crippen LogP contribution in [-0.4, -0.2) is 11.3 Å². The summed E-state index contributed by atoms with van der Waals surface area (Å²) in [6.45, 7) is 0. The molecule has 0 radical (unpaired) electrons. The van der Waals surface area contributed by atoms with E-state index in [1.54, 1.807) is 6.07 Å². The summed E-state index contributed by atoms with van der Waals surface area (Å²) < 4.78 is 79.5. The Morgan fingerprint density at radius 1 is 1.00 bits per heavy atom. The maximum absolute atomic E-state index is 13.1. The molecule has 0 aliphatic heterocycles. The largest absolute Gasteiger partial charge is 0.573 e. The Balaban J connectivity index is 2.53. The Bertz CT molecular complexity index is 760. The number of ether oxygens (including phenoxy) is 1. The normalized spacial score (nSPS) is 11.9. The SMILES string of the molecule is N#CCc1ccnc(C(F)(F)F)c1-c1ccc(OC(F)(F)F)cc1. The molecule has 1 aromatic carbocycles. The lowest BCUT2D eigenvalue weighted by Gasteiger charge is -2.15. The average molecular weight is 346 g/mol. The van der Waals surface area contributed by atoms with Crippen LogP contribution < -0.4 is 4.74 Å². The van der Waals surface area contributed by atoms with Crippen molar-refractivity contribution in [2.75, 3.05) is 0 Å². The molecule has 1 aromatic heterocycles. The highest BCUT2D eigenvalue weighted by molar-refractivity contribution is 5.71. The molecule has 2 aromatic rings. The van der Waals surface area contributed by atoms with Crippen molar-refractivity contribution < 1.29 is 31.1 Å². The number of nitriles is 1. The minimum atomic E-state index is -4.90. The number of halogens is 6. The van der Waals surface area contributed by atoms with Gasteiger partial charge in [0.15, 0.2) is 5.69 Å². The first kappa shape index (κ1) is 17.6. The fourth-order valence-electron chi connectivity index (χ4n) is 2.09. The van der Waals surface area contributed by atoms with Crippen LogP contribution >= 0.6 is 0 Å². The first-order valence-electron chi connectivity index (χ1n) is 6.40. The van der Waals surface area contributed by atoms with Crippen molar-refractivity contribution in [1.82, 2.24) is 4.98 Å².